The Morgan fingerprint density at radius 2 is 0.627 bits per heavy atom. The summed E-state index contributed by atoms with van der Waals surface area (Å²) in [5.74, 6) is 0.207. The van der Waals surface area contributed by atoms with E-state index < -0.39 is 0 Å². The van der Waals surface area contributed by atoms with Gasteiger partial charge in [0.05, 0.1) is 13.2 Å². The van der Waals surface area contributed by atoms with Crippen LogP contribution in [0.5, 0.6) is 0 Å². The van der Waals surface area contributed by atoms with E-state index in [-0.39, 0.29) is 5.91 Å². The second-order valence-electron chi connectivity index (χ2n) is 16.8. The topological polar surface area (TPSA) is 52.2 Å². The van der Waals surface area contributed by atoms with Crippen LogP contribution < -0.4 is 0 Å². The molecule has 5 aliphatic heterocycles. The Kier molecular flexibility index (Phi) is 48.1. The van der Waals surface area contributed by atoms with Gasteiger partial charge >= 0.3 is 0 Å². The van der Waals surface area contributed by atoms with Crippen molar-refractivity contribution >= 4 is 5.91 Å². The van der Waals surface area contributed by atoms with Crippen LogP contribution in [0.3, 0.4) is 0 Å². The lowest BCUT2D eigenvalue weighted by molar-refractivity contribution is -0.130. The van der Waals surface area contributed by atoms with Gasteiger partial charge in [-0.25, -0.2) is 0 Å². The van der Waals surface area contributed by atoms with Gasteiger partial charge in [-0.05, 0) is 129 Å². The van der Waals surface area contributed by atoms with Gasteiger partial charge in [-0.1, -0.05) is 61.8 Å². The van der Waals surface area contributed by atoms with Crippen molar-refractivity contribution in [1.29, 1.82) is 0 Å². The smallest absolute Gasteiger partial charge is 0.219 e. The molecule has 0 N–H and O–H groups in total. The first kappa shape index (κ1) is 64.8. The molecule has 10 heteroatoms. The molecule has 0 radical (unpaired) electrons. The molecule has 5 saturated heterocycles. The van der Waals surface area contributed by atoms with Crippen molar-refractivity contribution in [3.63, 3.8) is 0 Å². The molecule has 0 aromatic heterocycles. The predicted molar refractivity (Wildman–Crippen MR) is 265 cm³/mol. The molecule has 5 fully saturated rings. The van der Waals surface area contributed by atoms with Gasteiger partial charge in [-0.2, -0.15) is 0 Å². The third-order valence-electron chi connectivity index (χ3n) is 11.1. The van der Waals surface area contributed by atoms with E-state index in [1.807, 2.05) is 60.3 Å². The first-order valence-electron chi connectivity index (χ1n) is 25.0. The van der Waals surface area contributed by atoms with Crippen LogP contribution in [-0.4, -0.2) is 207 Å². The lowest BCUT2D eigenvalue weighted by atomic mass is 10.1. The fraction of sp³-hybridized carbons (Fsp3) is 0.980. The summed E-state index contributed by atoms with van der Waals surface area (Å²) in [5.41, 5.74) is 0. The minimum Gasteiger partial charge on any atom is -0.379 e. The Hall–Kier alpha value is -0.850. The molecule has 0 aromatic carbocycles. The number of likely N-dealkylation sites (N-methyl/N-ethyl adjacent to an activating group) is 2. The summed E-state index contributed by atoms with van der Waals surface area (Å²) in [6.45, 7) is 60.7. The summed E-state index contributed by atoms with van der Waals surface area (Å²) in [6.07, 6.45) is 5.61. The quantitative estimate of drug-likeness (QED) is 0.270. The highest BCUT2D eigenvalue weighted by Gasteiger charge is 2.20. The molecular weight excluding hydrogens is 733 g/mol. The molecule has 5 aliphatic rings. The summed E-state index contributed by atoms with van der Waals surface area (Å²) in [4.78, 5) is 30.2. The highest BCUT2D eigenvalue weighted by atomic mass is 16.5. The van der Waals surface area contributed by atoms with Crippen molar-refractivity contribution < 1.29 is 9.53 Å². The zero-order chi connectivity index (χ0) is 46.3. The molecule has 0 spiro atoms. The van der Waals surface area contributed by atoms with Crippen molar-refractivity contribution in [2.45, 2.75) is 187 Å². The number of hydrogen-bond donors (Lipinski definition) is 0. The Morgan fingerprint density at radius 1 is 0.356 bits per heavy atom. The van der Waals surface area contributed by atoms with Crippen molar-refractivity contribution in [2.24, 2.45) is 0 Å². The van der Waals surface area contributed by atoms with Crippen LogP contribution in [0.15, 0.2) is 0 Å². The standard InChI is InChI=1S/C9H18N2O.C9H20N2.C8H18N2.C8H17N.C7H15NO.4C2H6/c1-8(2)10-4-6-11(7-5-10)9(3)12;1-9(2)11-6-4-5-10(3)7-8-11;1-8(2)10-6-4-9(3)5-7-10;1-8(2)9-6-4-3-5-7-9;1-7(2)8-3-5-9-6-4-8;4*1-2/h8H,4-7H2,1-3H3;9H,4-8H2,1-3H3;8H,4-7H2,1-3H3;8H,3-7H2,1-2H3;7H,3-6H2,1-2H3;4*1-2H3. The van der Waals surface area contributed by atoms with E-state index in [4.69, 9.17) is 4.74 Å². The maximum absolute atomic E-state index is 11.0. The van der Waals surface area contributed by atoms with Gasteiger partial charge in [0, 0.05) is 116 Å². The van der Waals surface area contributed by atoms with Crippen molar-refractivity contribution in [3.05, 3.63) is 0 Å². The number of hydrogen-bond acceptors (Lipinski definition) is 9. The zero-order valence-electron chi connectivity index (χ0n) is 44.3. The molecule has 5 rings (SSSR count). The van der Waals surface area contributed by atoms with Gasteiger partial charge in [-0.15, -0.1) is 0 Å². The van der Waals surface area contributed by atoms with Gasteiger partial charge in [0.15, 0.2) is 0 Å². The summed E-state index contributed by atoms with van der Waals surface area (Å²) < 4.78 is 5.21. The van der Waals surface area contributed by atoms with Crippen molar-refractivity contribution in [3.8, 4) is 0 Å². The van der Waals surface area contributed by atoms with E-state index in [1.165, 1.54) is 91.1 Å². The largest absolute Gasteiger partial charge is 0.379 e. The number of ether oxygens (including phenoxy) is 1. The molecule has 0 aromatic rings. The average Bonchev–Trinajstić information content (AvgIpc) is 3.50. The Labute approximate surface area is 373 Å². The minimum absolute atomic E-state index is 0.207. The number of piperidine rings is 1. The van der Waals surface area contributed by atoms with Gasteiger partial charge in [0.25, 0.3) is 0 Å². The molecule has 10 nitrogen and oxygen atoms in total. The van der Waals surface area contributed by atoms with E-state index in [0.29, 0.717) is 12.1 Å². The minimum atomic E-state index is 0.207. The van der Waals surface area contributed by atoms with E-state index in [0.717, 1.165) is 70.6 Å². The van der Waals surface area contributed by atoms with Crippen LogP contribution in [0, 0.1) is 0 Å². The van der Waals surface area contributed by atoms with Gasteiger partial charge in [0.2, 0.25) is 5.91 Å². The Balaban J connectivity index is -0.000000308. The van der Waals surface area contributed by atoms with Crippen LogP contribution in [0.2, 0.25) is 0 Å². The molecule has 5 heterocycles. The summed E-state index contributed by atoms with van der Waals surface area (Å²) in [7, 11) is 4.40. The first-order valence-corrected chi connectivity index (χ1v) is 25.0. The van der Waals surface area contributed by atoms with E-state index in [1.54, 1.807) is 6.92 Å². The number of rotatable bonds is 5. The average molecular weight is 845 g/mol. The maximum atomic E-state index is 11.0. The summed E-state index contributed by atoms with van der Waals surface area (Å²) in [6, 6.07) is 3.52. The Bertz CT molecular complexity index is 810. The van der Waals surface area contributed by atoms with Crippen LogP contribution in [0.4, 0.5) is 0 Å². The van der Waals surface area contributed by atoms with Crippen molar-refractivity contribution in [1.82, 2.24) is 39.2 Å². The molecule has 59 heavy (non-hydrogen) atoms. The number of nitrogens with zero attached hydrogens (tertiary/aromatic N) is 8. The highest BCUT2D eigenvalue weighted by molar-refractivity contribution is 5.73. The highest BCUT2D eigenvalue weighted by Crippen LogP contribution is 2.11. The number of carbonyl (C=O) groups excluding carboxylic acids is 1. The van der Waals surface area contributed by atoms with Gasteiger partial charge in [0.1, 0.15) is 0 Å². The fourth-order valence-corrected chi connectivity index (χ4v) is 7.00. The SMILES string of the molecule is CC.CC.CC.CC.CC(=O)N1CCN(C(C)C)CC1.CC(C)N1CCCCC1.CC(C)N1CCCN(C)CC1.CC(C)N1CCN(C)CC1.CC(C)N1CCOCC1. The van der Waals surface area contributed by atoms with Crippen LogP contribution in [0.1, 0.15) is 157 Å². The van der Waals surface area contributed by atoms with E-state index in [9.17, 15) is 4.79 Å². The molecule has 0 saturated carbocycles. The first-order chi connectivity index (χ1) is 28.1. The molecule has 360 valence electrons. The van der Waals surface area contributed by atoms with Gasteiger partial charge in [-0.3, -0.25) is 24.4 Å². The maximum Gasteiger partial charge on any atom is 0.219 e. The number of piperazine rings is 2. The van der Waals surface area contributed by atoms with Crippen LogP contribution >= 0.6 is 0 Å². The summed E-state index contributed by atoms with van der Waals surface area (Å²) >= 11 is 0. The number of carbonyl (C=O) groups is 1. The Morgan fingerprint density at radius 3 is 0.932 bits per heavy atom. The second kappa shape index (κ2) is 43.8. The number of likely N-dealkylation sites (tertiary alicyclic amines) is 1. The molecule has 0 aliphatic carbocycles. The molecule has 0 atom stereocenters. The molecule has 0 unspecified atom stereocenters. The van der Waals surface area contributed by atoms with Crippen molar-refractivity contribution in [2.75, 3.05) is 132 Å². The normalized spacial score (nSPS) is 20.1. The van der Waals surface area contributed by atoms with E-state index in [2.05, 4.69) is 118 Å². The monoisotopic (exact) mass is 845 g/mol. The fourth-order valence-electron chi connectivity index (χ4n) is 7.00. The molecular formula is C49H112N8O2. The lowest BCUT2D eigenvalue weighted by Crippen LogP contribution is -2.50. The third-order valence-corrected chi connectivity index (χ3v) is 11.1. The lowest BCUT2D eigenvalue weighted by Gasteiger charge is -2.36. The van der Waals surface area contributed by atoms with Crippen LogP contribution in [-0.2, 0) is 9.53 Å². The molecule has 0 bridgehead atoms. The predicted octanol–water partition coefficient (Wildman–Crippen LogP) is 8.95. The molecule has 1 amide bonds. The third kappa shape index (κ3) is 35.3. The summed E-state index contributed by atoms with van der Waals surface area (Å²) in [5, 5.41) is 0. The zero-order valence-corrected chi connectivity index (χ0v) is 44.3. The number of morpholine rings is 1. The van der Waals surface area contributed by atoms with Gasteiger partial charge < -0.3 is 24.3 Å². The second-order valence-corrected chi connectivity index (χ2v) is 16.8. The van der Waals surface area contributed by atoms with Crippen LogP contribution in [0.25, 0.3) is 0 Å². The number of amides is 1. The van der Waals surface area contributed by atoms with E-state index >= 15 is 0 Å².